The van der Waals surface area contributed by atoms with Gasteiger partial charge in [-0.3, -0.25) is 4.79 Å². The number of aliphatic carboxylic acids is 1. The van der Waals surface area contributed by atoms with Crippen molar-refractivity contribution >= 4 is 12.1 Å². The second kappa shape index (κ2) is 9.92. The highest BCUT2D eigenvalue weighted by molar-refractivity contribution is 5.81. The van der Waals surface area contributed by atoms with E-state index in [4.69, 9.17) is 4.74 Å². The standard InChI is InChI=1S/C29H24N2O5/c32-27-16-20(13-14-30-27)19-11-9-18(10-12-19)15-26(28(33)34)31-29(35)36-17-25-23-7-3-1-5-21(23)22-6-2-4-8-24(22)25/h1-14,16,25-26H,15,17H2,(H,30,32)(H,31,35)(H,33,34)/t26-/m0/s1. The van der Waals surface area contributed by atoms with Crippen LogP contribution in [0.25, 0.3) is 22.3 Å². The molecule has 7 heteroatoms. The molecule has 0 aliphatic heterocycles. The van der Waals surface area contributed by atoms with Gasteiger partial charge in [0.05, 0.1) is 0 Å². The van der Waals surface area contributed by atoms with E-state index < -0.39 is 18.1 Å². The van der Waals surface area contributed by atoms with Gasteiger partial charge >= 0.3 is 12.1 Å². The third-order valence-electron chi connectivity index (χ3n) is 6.44. The summed E-state index contributed by atoms with van der Waals surface area (Å²) in [5.74, 6) is -1.26. The fraction of sp³-hybridized carbons (Fsp3) is 0.138. The van der Waals surface area contributed by atoms with Gasteiger partial charge in [-0.15, -0.1) is 0 Å². The molecule has 3 N–H and O–H groups in total. The summed E-state index contributed by atoms with van der Waals surface area (Å²) < 4.78 is 5.50. The zero-order valence-electron chi connectivity index (χ0n) is 19.3. The van der Waals surface area contributed by atoms with Gasteiger partial charge in [-0.1, -0.05) is 72.8 Å². The second-order valence-corrected chi connectivity index (χ2v) is 8.70. The van der Waals surface area contributed by atoms with Gasteiger partial charge in [0.15, 0.2) is 0 Å². The zero-order chi connectivity index (χ0) is 25.1. The van der Waals surface area contributed by atoms with Crippen molar-refractivity contribution in [2.75, 3.05) is 6.61 Å². The van der Waals surface area contributed by atoms with E-state index in [1.54, 1.807) is 24.4 Å². The van der Waals surface area contributed by atoms with E-state index in [0.29, 0.717) is 0 Å². The van der Waals surface area contributed by atoms with E-state index in [0.717, 1.165) is 38.9 Å². The van der Waals surface area contributed by atoms with E-state index in [2.05, 4.69) is 22.4 Å². The Hall–Kier alpha value is -4.65. The fourth-order valence-electron chi connectivity index (χ4n) is 4.68. The SMILES string of the molecule is O=C(N[C@@H](Cc1ccc(-c2cc[nH]c(=O)c2)cc1)C(=O)O)OCC1c2ccccc2-c2ccccc21. The molecule has 1 heterocycles. The first-order valence-electron chi connectivity index (χ1n) is 11.6. The van der Waals surface area contributed by atoms with Crippen LogP contribution in [0.15, 0.2) is 95.9 Å². The number of aromatic nitrogens is 1. The number of hydrogen-bond donors (Lipinski definition) is 3. The van der Waals surface area contributed by atoms with Crippen molar-refractivity contribution in [3.63, 3.8) is 0 Å². The molecule has 36 heavy (non-hydrogen) atoms. The molecule has 0 saturated carbocycles. The van der Waals surface area contributed by atoms with Gasteiger partial charge in [-0.25, -0.2) is 9.59 Å². The minimum absolute atomic E-state index is 0.0924. The number of ether oxygens (including phenoxy) is 1. The Kier molecular flexibility index (Phi) is 6.36. The average Bonchev–Trinajstić information content (AvgIpc) is 3.21. The van der Waals surface area contributed by atoms with Gasteiger partial charge < -0.3 is 20.1 Å². The zero-order valence-corrected chi connectivity index (χ0v) is 19.3. The first-order valence-corrected chi connectivity index (χ1v) is 11.6. The summed E-state index contributed by atoms with van der Waals surface area (Å²) in [5.41, 5.74) is 6.54. The summed E-state index contributed by atoms with van der Waals surface area (Å²) in [4.78, 5) is 38.5. The molecule has 0 unspecified atom stereocenters. The maximum Gasteiger partial charge on any atom is 0.407 e. The van der Waals surface area contributed by atoms with Crippen molar-refractivity contribution in [2.24, 2.45) is 0 Å². The Morgan fingerprint density at radius 1 is 0.889 bits per heavy atom. The summed E-state index contributed by atoms with van der Waals surface area (Å²) in [6.45, 7) is 0.108. The number of rotatable bonds is 7. The monoisotopic (exact) mass is 480 g/mol. The molecule has 1 aliphatic rings. The quantitative estimate of drug-likeness (QED) is 0.359. The lowest BCUT2D eigenvalue weighted by Gasteiger charge is -2.17. The van der Waals surface area contributed by atoms with Crippen LogP contribution < -0.4 is 10.9 Å². The molecule has 1 amide bonds. The molecular weight excluding hydrogens is 456 g/mol. The molecule has 7 nitrogen and oxygen atoms in total. The van der Waals surface area contributed by atoms with Crippen LogP contribution in [0.2, 0.25) is 0 Å². The number of benzene rings is 3. The number of carbonyl (C=O) groups is 2. The number of fused-ring (bicyclic) bond motifs is 3. The lowest BCUT2D eigenvalue weighted by Crippen LogP contribution is -2.42. The molecule has 1 aliphatic carbocycles. The van der Waals surface area contributed by atoms with E-state index in [-0.39, 0.29) is 24.5 Å². The highest BCUT2D eigenvalue weighted by Crippen LogP contribution is 2.44. The van der Waals surface area contributed by atoms with E-state index in [9.17, 15) is 19.5 Å². The smallest absolute Gasteiger partial charge is 0.407 e. The lowest BCUT2D eigenvalue weighted by molar-refractivity contribution is -0.139. The van der Waals surface area contributed by atoms with Crippen LogP contribution in [-0.4, -0.2) is 34.8 Å². The molecule has 1 atom stereocenters. The summed E-state index contributed by atoms with van der Waals surface area (Å²) in [6, 6.07) is 25.4. The van der Waals surface area contributed by atoms with Gasteiger partial charge in [-0.2, -0.15) is 0 Å². The Bertz CT molecular complexity index is 1430. The molecular formula is C29H24N2O5. The normalized spacial score (nSPS) is 12.9. The minimum Gasteiger partial charge on any atom is -0.480 e. The molecule has 0 spiro atoms. The average molecular weight is 481 g/mol. The Morgan fingerprint density at radius 2 is 1.53 bits per heavy atom. The van der Waals surface area contributed by atoms with Gasteiger partial charge in [0.2, 0.25) is 5.56 Å². The topological polar surface area (TPSA) is 108 Å². The molecule has 5 rings (SSSR count). The van der Waals surface area contributed by atoms with Crippen LogP contribution in [0, 0.1) is 0 Å². The Balaban J connectivity index is 1.23. The van der Waals surface area contributed by atoms with Crippen molar-refractivity contribution in [2.45, 2.75) is 18.4 Å². The van der Waals surface area contributed by atoms with Crippen LogP contribution >= 0.6 is 0 Å². The van der Waals surface area contributed by atoms with Crippen LogP contribution in [0.5, 0.6) is 0 Å². The van der Waals surface area contributed by atoms with Crippen molar-refractivity contribution in [1.29, 1.82) is 0 Å². The number of hydrogen-bond acceptors (Lipinski definition) is 4. The molecule has 0 radical (unpaired) electrons. The molecule has 1 aromatic heterocycles. The number of aromatic amines is 1. The summed E-state index contributed by atoms with van der Waals surface area (Å²) in [6.07, 6.45) is 0.892. The maximum atomic E-state index is 12.6. The second-order valence-electron chi connectivity index (χ2n) is 8.70. The molecule has 3 aromatic carbocycles. The van der Waals surface area contributed by atoms with Crippen molar-refractivity contribution in [3.05, 3.63) is 118 Å². The van der Waals surface area contributed by atoms with Gasteiger partial charge in [-0.05, 0) is 45.0 Å². The molecule has 0 saturated heterocycles. The lowest BCUT2D eigenvalue weighted by atomic mass is 9.98. The van der Waals surface area contributed by atoms with E-state index in [1.807, 2.05) is 48.5 Å². The molecule has 180 valence electrons. The molecule has 4 aromatic rings. The predicted molar refractivity (Wildman–Crippen MR) is 136 cm³/mol. The Morgan fingerprint density at radius 3 is 2.14 bits per heavy atom. The number of alkyl carbamates (subject to hydrolysis) is 1. The van der Waals surface area contributed by atoms with Crippen LogP contribution in [0.1, 0.15) is 22.6 Å². The summed E-state index contributed by atoms with van der Waals surface area (Å²) >= 11 is 0. The van der Waals surface area contributed by atoms with Gasteiger partial charge in [0, 0.05) is 24.6 Å². The first kappa shape index (κ1) is 23.1. The van der Waals surface area contributed by atoms with Crippen LogP contribution in [0.4, 0.5) is 4.79 Å². The summed E-state index contributed by atoms with van der Waals surface area (Å²) in [7, 11) is 0. The number of carbonyl (C=O) groups excluding carboxylic acids is 1. The number of nitrogens with one attached hydrogen (secondary N) is 2. The largest absolute Gasteiger partial charge is 0.480 e. The maximum absolute atomic E-state index is 12.6. The number of carboxylic acid groups (broad SMARTS) is 1. The highest BCUT2D eigenvalue weighted by Gasteiger charge is 2.29. The third-order valence-corrected chi connectivity index (χ3v) is 6.44. The number of carboxylic acids is 1. The fourth-order valence-corrected chi connectivity index (χ4v) is 4.68. The Labute approximate surface area is 207 Å². The highest BCUT2D eigenvalue weighted by atomic mass is 16.5. The van der Waals surface area contributed by atoms with E-state index >= 15 is 0 Å². The minimum atomic E-state index is -1.15. The third kappa shape index (κ3) is 4.77. The summed E-state index contributed by atoms with van der Waals surface area (Å²) in [5, 5.41) is 12.2. The predicted octanol–water partition coefficient (Wildman–Crippen LogP) is 4.58. The van der Waals surface area contributed by atoms with Crippen LogP contribution in [-0.2, 0) is 16.0 Å². The van der Waals surface area contributed by atoms with Crippen molar-refractivity contribution in [3.8, 4) is 22.3 Å². The number of H-pyrrole nitrogens is 1. The van der Waals surface area contributed by atoms with Crippen molar-refractivity contribution < 1.29 is 19.4 Å². The van der Waals surface area contributed by atoms with Gasteiger partial charge in [0.1, 0.15) is 12.6 Å². The number of amides is 1. The van der Waals surface area contributed by atoms with E-state index in [1.165, 1.54) is 6.07 Å². The van der Waals surface area contributed by atoms with Crippen molar-refractivity contribution in [1.82, 2.24) is 10.3 Å². The van der Waals surface area contributed by atoms with Gasteiger partial charge in [0.25, 0.3) is 0 Å². The first-order chi connectivity index (χ1) is 17.5. The molecule has 0 bridgehead atoms. The molecule has 0 fully saturated rings. The van der Waals surface area contributed by atoms with Crippen LogP contribution in [0.3, 0.4) is 0 Å². The number of pyridine rings is 1.